The maximum atomic E-state index is 12.8. The zero-order valence-corrected chi connectivity index (χ0v) is 15.0. The first kappa shape index (κ1) is 19.7. The number of carbonyl (C=O) groups is 1. The molecule has 0 radical (unpaired) electrons. The minimum atomic E-state index is 0. The standard InChI is InChI=1S/C17H21N3O.2ClH/c1-11(10-18)20(2)17(21)14-9-16(12-7-8-12)19-15-6-4-3-5-13(14)15;;/h3-6,9,11-12H,7-8,10,18H2,1-2H3;2*1H. The summed E-state index contributed by atoms with van der Waals surface area (Å²) >= 11 is 0. The SMILES string of the molecule is CC(CN)N(C)C(=O)c1cc(C2CC2)nc2ccccc12.Cl.Cl. The van der Waals surface area contributed by atoms with Crippen LogP contribution in [0.15, 0.2) is 30.3 Å². The molecule has 1 aromatic heterocycles. The van der Waals surface area contributed by atoms with Crippen molar-refractivity contribution in [1.82, 2.24) is 9.88 Å². The van der Waals surface area contributed by atoms with Crippen molar-refractivity contribution in [1.29, 1.82) is 0 Å². The number of amides is 1. The Morgan fingerprint density at radius 1 is 1.35 bits per heavy atom. The van der Waals surface area contributed by atoms with Gasteiger partial charge in [-0.3, -0.25) is 9.78 Å². The fraction of sp³-hybridized carbons (Fsp3) is 0.412. The zero-order valence-electron chi connectivity index (χ0n) is 13.4. The molecule has 2 N–H and O–H groups in total. The molecule has 6 heteroatoms. The maximum Gasteiger partial charge on any atom is 0.254 e. The van der Waals surface area contributed by atoms with Gasteiger partial charge >= 0.3 is 0 Å². The molecule has 3 rings (SSSR count). The van der Waals surface area contributed by atoms with Gasteiger partial charge in [0.2, 0.25) is 0 Å². The largest absolute Gasteiger partial charge is 0.338 e. The lowest BCUT2D eigenvalue weighted by Gasteiger charge is -2.24. The summed E-state index contributed by atoms with van der Waals surface area (Å²) in [5, 5.41) is 0.919. The summed E-state index contributed by atoms with van der Waals surface area (Å²) < 4.78 is 0. The number of rotatable bonds is 4. The van der Waals surface area contributed by atoms with Crippen molar-refractivity contribution in [3.05, 3.63) is 41.6 Å². The van der Waals surface area contributed by atoms with Crippen molar-refractivity contribution >= 4 is 41.6 Å². The fourth-order valence-corrected chi connectivity index (χ4v) is 2.51. The molecular formula is C17H23Cl2N3O. The van der Waals surface area contributed by atoms with Crippen LogP contribution in [-0.4, -0.2) is 35.4 Å². The Labute approximate surface area is 149 Å². The van der Waals surface area contributed by atoms with Crippen LogP contribution in [0.4, 0.5) is 0 Å². The topological polar surface area (TPSA) is 59.2 Å². The van der Waals surface area contributed by atoms with E-state index >= 15 is 0 Å². The van der Waals surface area contributed by atoms with Crippen LogP contribution in [0.5, 0.6) is 0 Å². The number of nitrogens with zero attached hydrogens (tertiary/aromatic N) is 2. The molecule has 1 heterocycles. The molecule has 1 amide bonds. The molecule has 1 fully saturated rings. The number of benzene rings is 1. The minimum Gasteiger partial charge on any atom is -0.338 e. The monoisotopic (exact) mass is 355 g/mol. The van der Waals surface area contributed by atoms with Gasteiger partial charge in [0.15, 0.2) is 0 Å². The molecule has 1 aliphatic carbocycles. The van der Waals surface area contributed by atoms with Gasteiger partial charge in [-0.15, -0.1) is 24.8 Å². The first-order valence-electron chi connectivity index (χ1n) is 7.48. The molecular weight excluding hydrogens is 333 g/mol. The Morgan fingerprint density at radius 2 is 2.00 bits per heavy atom. The molecule has 1 unspecified atom stereocenters. The van der Waals surface area contributed by atoms with Crippen LogP contribution in [0.3, 0.4) is 0 Å². The summed E-state index contributed by atoms with van der Waals surface area (Å²) in [4.78, 5) is 19.2. The van der Waals surface area contributed by atoms with Gasteiger partial charge in [0, 0.05) is 36.6 Å². The quantitative estimate of drug-likeness (QED) is 0.914. The first-order valence-corrected chi connectivity index (χ1v) is 7.48. The van der Waals surface area contributed by atoms with Crippen molar-refractivity contribution in [2.24, 2.45) is 5.73 Å². The average Bonchev–Trinajstić information content (AvgIpc) is 3.36. The predicted molar refractivity (Wildman–Crippen MR) is 98.8 cm³/mol. The third-order valence-electron chi connectivity index (χ3n) is 4.28. The number of carbonyl (C=O) groups excluding carboxylic acids is 1. The van der Waals surface area contributed by atoms with Gasteiger partial charge in [0.05, 0.1) is 11.1 Å². The van der Waals surface area contributed by atoms with E-state index in [4.69, 9.17) is 10.7 Å². The number of aromatic nitrogens is 1. The Hall–Kier alpha value is -1.36. The molecule has 1 saturated carbocycles. The van der Waals surface area contributed by atoms with E-state index in [0.29, 0.717) is 12.5 Å². The lowest BCUT2D eigenvalue weighted by atomic mass is 10.0. The molecule has 23 heavy (non-hydrogen) atoms. The second-order valence-corrected chi connectivity index (χ2v) is 5.89. The van der Waals surface area contributed by atoms with E-state index in [1.807, 2.05) is 44.3 Å². The van der Waals surface area contributed by atoms with Crippen molar-refractivity contribution in [2.75, 3.05) is 13.6 Å². The molecule has 0 aliphatic heterocycles. The number of hydrogen-bond donors (Lipinski definition) is 1. The number of likely N-dealkylation sites (N-methyl/N-ethyl adjacent to an activating group) is 1. The highest BCUT2D eigenvalue weighted by Gasteiger charge is 2.28. The van der Waals surface area contributed by atoms with Crippen molar-refractivity contribution in [3.63, 3.8) is 0 Å². The highest BCUT2D eigenvalue weighted by molar-refractivity contribution is 6.06. The third kappa shape index (κ3) is 3.94. The lowest BCUT2D eigenvalue weighted by Crippen LogP contribution is -2.39. The van der Waals surface area contributed by atoms with E-state index in [0.717, 1.165) is 22.2 Å². The normalized spacial score (nSPS) is 14.6. The van der Waals surface area contributed by atoms with E-state index in [2.05, 4.69) is 0 Å². The van der Waals surface area contributed by atoms with Crippen LogP contribution in [-0.2, 0) is 0 Å². The summed E-state index contributed by atoms with van der Waals surface area (Å²) in [5.41, 5.74) is 8.37. The summed E-state index contributed by atoms with van der Waals surface area (Å²) in [6.07, 6.45) is 2.35. The van der Waals surface area contributed by atoms with Crippen LogP contribution in [0.25, 0.3) is 10.9 Å². The number of halogens is 2. The Kier molecular flexibility index (Phi) is 6.81. The molecule has 1 aliphatic rings. The Bertz CT molecular complexity index is 689. The lowest BCUT2D eigenvalue weighted by molar-refractivity contribution is 0.0750. The summed E-state index contributed by atoms with van der Waals surface area (Å²) in [7, 11) is 1.81. The van der Waals surface area contributed by atoms with E-state index < -0.39 is 0 Å². The molecule has 1 aromatic carbocycles. The summed E-state index contributed by atoms with van der Waals surface area (Å²) in [6, 6.07) is 9.85. The Morgan fingerprint density at radius 3 is 2.61 bits per heavy atom. The molecule has 126 valence electrons. The summed E-state index contributed by atoms with van der Waals surface area (Å²) in [6.45, 7) is 2.42. The molecule has 0 saturated heterocycles. The number of hydrogen-bond acceptors (Lipinski definition) is 3. The average molecular weight is 356 g/mol. The van der Waals surface area contributed by atoms with Crippen LogP contribution in [0, 0.1) is 0 Å². The predicted octanol–water partition coefficient (Wildman–Crippen LogP) is 3.38. The van der Waals surface area contributed by atoms with E-state index in [-0.39, 0.29) is 36.8 Å². The Balaban J connectivity index is 0.00000132. The molecule has 4 nitrogen and oxygen atoms in total. The van der Waals surface area contributed by atoms with Crippen LogP contribution < -0.4 is 5.73 Å². The smallest absolute Gasteiger partial charge is 0.254 e. The van der Waals surface area contributed by atoms with E-state index in [9.17, 15) is 4.79 Å². The second-order valence-electron chi connectivity index (χ2n) is 5.89. The molecule has 0 spiro atoms. The third-order valence-corrected chi connectivity index (χ3v) is 4.28. The zero-order chi connectivity index (χ0) is 15.0. The molecule has 0 bridgehead atoms. The van der Waals surface area contributed by atoms with Crippen molar-refractivity contribution in [3.8, 4) is 0 Å². The molecule has 1 atom stereocenters. The molecule has 2 aromatic rings. The van der Waals surface area contributed by atoms with Crippen LogP contribution in [0.2, 0.25) is 0 Å². The second kappa shape index (κ2) is 7.95. The van der Waals surface area contributed by atoms with E-state index in [1.165, 1.54) is 12.8 Å². The van der Waals surface area contributed by atoms with Crippen LogP contribution in [0.1, 0.15) is 41.7 Å². The number of fused-ring (bicyclic) bond motifs is 1. The number of pyridine rings is 1. The fourth-order valence-electron chi connectivity index (χ4n) is 2.51. The highest BCUT2D eigenvalue weighted by atomic mass is 35.5. The van der Waals surface area contributed by atoms with Gasteiger partial charge in [-0.25, -0.2) is 0 Å². The van der Waals surface area contributed by atoms with Gasteiger partial charge in [-0.2, -0.15) is 0 Å². The van der Waals surface area contributed by atoms with Crippen molar-refractivity contribution in [2.45, 2.75) is 31.7 Å². The van der Waals surface area contributed by atoms with Crippen molar-refractivity contribution < 1.29 is 4.79 Å². The summed E-state index contributed by atoms with van der Waals surface area (Å²) in [5.74, 6) is 0.548. The first-order chi connectivity index (χ1) is 10.1. The number of nitrogens with two attached hydrogens (primary N) is 1. The highest BCUT2D eigenvalue weighted by Crippen LogP contribution is 2.40. The van der Waals surface area contributed by atoms with Crippen LogP contribution >= 0.6 is 24.8 Å². The number of para-hydroxylation sites is 1. The van der Waals surface area contributed by atoms with E-state index in [1.54, 1.807) is 4.90 Å². The van der Waals surface area contributed by atoms with Gasteiger partial charge in [0.1, 0.15) is 0 Å². The minimum absolute atomic E-state index is 0. The van der Waals surface area contributed by atoms with Gasteiger partial charge < -0.3 is 10.6 Å². The van der Waals surface area contributed by atoms with Gasteiger partial charge in [-0.1, -0.05) is 18.2 Å². The van der Waals surface area contributed by atoms with Gasteiger partial charge in [0.25, 0.3) is 5.91 Å². The maximum absolute atomic E-state index is 12.8. The van der Waals surface area contributed by atoms with Gasteiger partial charge in [-0.05, 0) is 31.9 Å².